The first-order valence-electron chi connectivity index (χ1n) is 6.26. The highest BCUT2D eigenvalue weighted by molar-refractivity contribution is 9.10. The summed E-state index contributed by atoms with van der Waals surface area (Å²) in [5.41, 5.74) is 7.20. The number of hydrogen-bond donors (Lipinski definition) is 2. The normalized spacial score (nSPS) is 9.60. The summed E-state index contributed by atoms with van der Waals surface area (Å²) in [6.45, 7) is 6.08. The van der Waals surface area contributed by atoms with E-state index in [-0.39, 0.29) is 5.95 Å². The summed E-state index contributed by atoms with van der Waals surface area (Å²) < 4.78 is 5.48. The predicted octanol–water partition coefficient (Wildman–Crippen LogP) is 3.02. The van der Waals surface area contributed by atoms with E-state index in [9.17, 15) is 4.79 Å². The third-order valence-corrected chi connectivity index (χ3v) is 2.84. The smallest absolute Gasteiger partial charge is 0.340 e. The second kappa shape index (κ2) is 7.64. The predicted molar refractivity (Wildman–Crippen MR) is 81.2 cm³/mol. The van der Waals surface area contributed by atoms with E-state index in [1.165, 1.54) is 0 Å². The van der Waals surface area contributed by atoms with Crippen LogP contribution in [0.5, 0.6) is 0 Å². The van der Waals surface area contributed by atoms with E-state index in [2.05, 4.69) is 30.9 Å². The summed E-state index contributed by atoms with van der Waals surface area (Å²) in [6.07, 6.45) is 1.55. The van der Waals surface area contributed by atoms with Gasteiger partial charge in [-0.25, -0.2) is 14.8 Å². The molecule has 3 N–H and O–H groups in total. The van der Waals surface area contributed by atoms with Gasteiger partial charge in [0.25, 0.3) is 0 Å². The molecule has 0 amide bonds. The Kier molecular flexibility index (Phi) is 6.17. The van der Waals surface area contributed by atoms with Crippen LogP contribution in [0.15, 0.2) is 22.9 Å². The van der Waals surface area contributed by atoms with Gasteiger partial charge in [-0.1, -0.05) is 13.8 Å². The van der Waals surface area contributed by atoms with Crippen LogP contribution in [-0.2, 0) is 4.74 Å². The third kappa shape index (κ3) is 3.80. The van der Waals surface area contributed by atoms with Crippen LogP contribution in [0.4, 0.5) is 5.95 Å². The van der Waals surface area contributed by atoms with Gasteiger partial charge in [-0.3, -0.25) is 0 Å². The van der Waals surface area contributed by atoms with Gasteiger partial charge < -0.3 is 15.5 Å². The van der Waals surface area contributed by atoms with E-state index in [0.29, 0.717) is 28.2 Å². The van der Waals surface area contributed by atoms with E-state index in [1.807, 2.05) is 13.8 Å². The van der Waals surface area contributed by atoms with E-state index in [1.54, 1.807) is 25.3 Å². The number of carbonyl (C=O) groups excluding carboxylic acids is 1. The second-order valence-electron chi connectivity index (χ2n) is 3.43. The highest BCUT2D eigenvalue weighted by atomic mass is 79.9. The SMILES string of the molecule is CC.CCOC(=O)c1cc(-c2ccnc(N)n2)[nH]c1Br. The zero-order chi connectivity index (χ0) is 15.1. The zero-order valence-electron chi connectivity index (χ0n) is 11.6. The van der Waals surface area contributed by atoms with Crippen LogP contribution >= 0.6 is 15.9 Å². The van der Waals surface area contributed by atoms with Gasteiger partial charge in [0, 0.05) is 6.20 Å². The maximum Gasteiger partial charge on any atom is 0.340 e. The number of H-pyrrole nitrogens is 1. The average molecular weight is 341 g/mol. The van der Waals surface area contributed by atoms with E-state index in [0.717, 1.165) is 0 Å². The summed E-state index contributed by atoms with van der Waals surface area (Å²) in [5.74, 6) is -0.218. The van der Waals surface area contributed by atoms with Crippen molar-refractivity contribution in [3.63, 3.8) is 0 Å². The highest BCUT2D eigenvalue weighted by Gasteiger charge is 2.16. The Balaban J connectivity index is 0.000000956. The van der Waals surface area contributed by atoms with Crippen molar-refractivity contribution in [1.82, 2.24) is 15.0 Å². The number of carbonyl (C=O) groups is 1. The fraction of sp³-hybridized carbons (Fsp3) is 0.308. The minimum Gasteiger partial charge on any atom is -0.462 e. The fourth-order valence-electron chi connectivity index (χ4n) is 1.45. The third-order valence-electron chi connectivity index (χ3n) is 2.22. The Morgan fingerprint density at radius 2 is 2.20 bits per heavy atom. The minimum absolute atomic E-state index is 0.177. The number of rotatable bonds is 3. The maximum atomic E-state index is 11.6. The minimum atomic E-state index is -0.395. The molecule has 108 valence electrons. The first-order chi connectivity index (χ1) is 9.61. The van der Waals surface area contributed by atoms with Gasteiger partial charge in [0.1, 0.15) is 0 Å². The largest absolute Gasteiger partial charge is 0.462 e. The van der Waals surface area contributed by atoms with Gasteiger partial charge in [0.15, 0.2) is 0 Å². The molecule has 0 unspecified atom stereocenters. The standard InChI is InChI=1S/C11H11BrN4O2.C2H6/c1-2-18-10(17)6-5-8(15-9(6)12)7-3-4-14-11(13)16-7;1-2/h3-5,15H,2H2,1H3,(H2,13,14,16);1-2H3. The Hall–Kier alpha value is -1.89. The summed E-state index contributed by atoms with van der Waals surface area (Å²) in [5, 5.41) is 0. The van der Waals surface area contributed by atoms with Crippen molar-refractivity contribution in [2.75, 3.05) is 12.3 Å². The van der Waals surface area contributed by atoms with Crippen LogP contribution in [0.25, 0.3) is 11.4 Å². The molecule has 0 saturated carbocycles. The van der Waals surface area contributed by atoms with Crippen LogP contribution in [0.2, 0.25) is 0 Å². The molecule has 6 nitrogen and oxygen atoms in total. The molecule has 2 heterocycles. The van der Waals surface area contributed by atoms with Gasteiger partial charge in [0.2, 0.25) is 5.95 Å². The van der Waals surface area contributed by atoms with Crippen molar-refractivity contribution >= 4 is 27.8 Å². The number of hydrogen-bond acceptors (Lipinski definition) is 5. The summed E-state index contributed by atoms with van der Waals surface area (Å²) in [6, 6.07) is 3.35. The molecule has 2 rings (SSSR count). The molecule has 0 atom stereocenters. The van der Waals surface area contributed by atoms with Crippen molar-refractivity contribution in [2.24, 2.45) is 0 Å². The monoisotopic (exact) mass is 340 g/mol. The zero-order valence-corrected chi connectivity index (χ0v) is 13.2. The topological polar surface area (TPSA) is 93.9 Å². The lowest BCUT2D eigenvalue weighted by atomic mass is 10.2. The molecule has 0 fully saturated rings. The summed E-state index contributed by atoms with van der Waals surface area (Å²) >= 11 is 3.27. The second-order valence-corrected chi connectivity index (χ2v) is 4.22. The number of anilines is 1. The van der Waals surface area contributed by atoms with Crippen LogP contribution in [0.3, 0.4) is 0 Å². The van der Waals surface area contributed by atoms with E-state index >= 15 is 0 Å². The number of aromatic amines is 1. The summed E-state index contributed by atoms with van der Waals surface area (Å²) in [7, 11) is 0. The molecule has 0 saturated heterocycles. The maximum absolute atomic E-state index is 11.6. The molecule has 0 radical (unpaired) electrons. The van der Waals surface area contributed by atoms with Crippen LogP contribution in [0, 0.1) is 0 Å². The number of nitrogens with zero attached hydrogens (tertiary/aromatic N) is 2. The van der Waals surface area contributed by atoms with Crippen molar-refractivity contribution in [2.45, 2.75) is 20.8 Å². The molecule has 0 aromatic carbocycles. The Morgan fingerprint density at radius 1 is 1.50 bits per heavy atom. The van der Waals surface area contributed by atoms with Crippen LogP contribution in [0.1, 0.15) is 31.1 Å². The molecule has 7 heteroatoms. The number of halogens is 1. The van der Waals surface area contributed by atoms with Crippen molar-refractivity contribution in [3.05, 3.63) is 28.5 Å². The quantitative estimate of drug-likeness (QED) is 0.837. The van der Waals surface area contributed by atoms with E-state index < -0.39 is 5.97 Å². The fourth-order valence-corrected chi connectivity index (χ4v) is 1.94. The number of nitrogens with two attached hydrogens (primary N) is 1. The molecule has 20 heavy (non-hydrogen) atoms. The van der Waals surface area contributed by atoms with Crippen molar-refractivity contribution < 1.29 is 9.53 Å². The first-order valence-corrected chi connectivity index (χ1v) is 7.05. The molecule has 2 aromatic rings. The van der Waals surface area contributed by atoms with Gasteiger partial charge in [0.05, 0.1) is 28.2 Å². The lowest BCUT2D eigenvalue weighted by Gasteiger charge is -1.98. The Morgan fingerprint density at radius 3 is 2.80 bits per heavy atom. The molecule has 2 aromatic heterocycles. The molecular formula is C13H17BrN4O2. The van der Waals surface area contributed by atoms with Crippen LogP contribution < -0.4 is 5.73 Å². The van der Waals surface area contributed by atoms with Crippen molar-refractivity contribution in [1.29, 1.82) is 0 Å². The van der Waals surface area contributed by atoms with E-state index in [4.69, 9.17) is 10.5 Å². The lowest BCUT2D eigenvalue weighted by Crippen LogP contribution is -2.03. The van der Waals surface area contributed by atoms with Crippen molar-refractivity contribution in [3.8, 4) is 11.4 Å². The first kappa shape index (κ1) is 16.2. The molecule has 0 aliphatic rings. The highest BCUT2D eigenvalue weighted by Crippen LogP contribution is 2.24. The average Bonchev–Trinajstić information content (AvgIpc) is 2.83. The van der Waals surface area contributed by atoms with Crippen LogP contribution in [-0.4, -0.2) is 27.5 Å². The number of aromatic nitrogens is 3. The molecule has 0 spiro atoms. The molecular weight excluding hydrogens is 324 g/mol. The summed E-state index contributed by atoms with van der Waals surface area (Å²) in [4.78, 5) is 22.5. The number of nitrogen functional groups attached to an aromatic ring is 1. The van der Waals surface area contributed by atoms with Gasteiger partial charge >= 0.3 is 5.97 Å². The Labute approximate surface area is 125 Å². The molecule has 0 aliphatic heterocycles. The van der Waals surface area contributed by atoms with Gasteiger partial charge in [-0.2, -0.15) is 0 Å². The molecule has 0 bridgehead atoms. The number of esters is 1. The van der Waals surface area contributed by atoms with Gasteiger partial charge in [-0.15, -0.1) is 0 Å². The Bertz CT molecular complexity index is 584. The number of nitrogens with one attached hydrogen (secondary N) is 1. The lowest BCUT2D eigenvalue weighted by molar-refractivity contribution is 0.0525. The molecule has 0 aliphatic carbocycles. The number of ether oxygens (including phenoxy) is 1. The van der Waals surface area contributed by atoms with Gasteiger partial charge in [-0.05, 0) is 35.0 Å².